The van der Waals surface area contributed by atoms with Crippen LogP contribution in [0.25, 0.3) is 0 Å². The van der Waals surface area contributed by atoms with Crippen LogP contribution in [0, 0.1) is 11.3 Å². The zero-order chi connectivity index (χ0) is 14.5. The molecule has 0 aromatic heterocycles. The molecule has 0 bridgehead atoms. The first-order valence-electron chi connectivity index (χ1n) is 6.38. The lowest BCUT2D eigenvalue weighted by atomic mass is 10.2. The quantitative estimate of drug-likeness (QED) is 0.791. The Morgan fingerprint density at radius 1 is 1.40 bits per heavy atom. The molecular weight excluding hydrogens is 278 g/mol. The molecule has 0 saturated carbocycles. The maximum atomic E-state index is 11.2. The lowest BCUT2D eigenvalue weighted by Gasteiger charge is -2.35. The summed E-state index contributed by atoms with van der Waals surface area (Å²) in [6.07, 6.45) is 0. The summed E-state index contributed by atoms with van der Waals surface area (Å²) < 4.78 is 4.66. The van der Waals surface area contributed by atoms with Crippen molar-refractivity contribution >= 4 is 23.3 Å². The smallest absolute Gasteiger partial charge is 0.319 e. The second-order valence-electron chi connectivity index (χ2n) is 4.62. The van der Waals surface area contributed by atoms with Crippen molar-refractivity contribution in [2.24, 2.45) is 0 Å². The molecule has 1 saturated heterocycles. The normalized spacial score (nSPS) is 15.8. The van der Waals surface area contributed by atoms with E-state index in [9.17, 15) is 4.79 Å². The minimum absolute atomic E-state index is 0.208. The molecule has 0 N–H and O–H groups in total. The highest BCUT2D eigenvalue weighted by Gasteiger charge is 2.19. The van der Waals surface area contributed by atoms with Crippen LogP contribution in [0.15, 0.2) is 18.2 Å². The second-order valence-corrected chi connectivity index (χ2v) is 5.02. The average molecular weight is 294 g/mol. The molecule has 0 aliphatic carbocycles. The van der Waals surface area contributed by atoms with Crippen LogP contribution in [-0.4, -0.2) is 50.7 Å². The summed E-state index contributed by atoms with van der Waals surface area (Å²) >= 11 is 6.04. The van der Waals surface area contributed by atoms with Crippen molar-refractivity contribution in [1.29, 1.82) is 5.26 Å². The van der Waals surface area contributed by atoms with Crippen LogP contribution in [0.5, 0.6) is 0 Å². The summed E-state index contributed by atoms with van der Waals surface area (Å²) in [6, 6.07) is 7.50. The standard InChI is InChI=1S/C14H16ClN3O2/c1-20-14(19)10-17-4-6-18(7-5-17)12-3-2-11(9-16)13(15)8-12/h2-3,8H,4-7,10H2,1H3. The number of nitriles is 1. The molecule has 0 spiro atoms. The van der Waals surface area contributed by atoms with Crippen molar-refractivity contribution in [3.63, 3.8) is 0 Å². The van der Waals surface area contributed by atoms with E-state index in [0.717, 1.165) is 31.9 Å². The maximum Gasteiger partial charge on any atom is 0.319 e. The van der Waals surface area contributed by atoms with Crippen LogP contribution >= 0.6 is 11.6 Å². The molecule has 0 unspecified atom stereocenters. The maximum absolute atomic E-state index is 11.2. The molecule has 1 heterocycles. The molecule has 0 amide bonds. The first-order chi connectivity index (χ1) is 9.63. The lowest BCUT2D eigenvalue weighted by Crippen LogP contribution is -2.48. The summed E-state index contributed by atoms with van der Waals surface area (Å²) in [4.78, 5) is 15.5. The Bertz CT molecular complexity index is 534. The number of piperazine rings is 1. The Labute approximate surface area is 123 Å². The number of carbonyl (C=O) groups is 1. The highest BCUT2D eigenvalue weighted by Crippen LogP contribution is 2.24. The highest BCUT2D eigenvalue weighted by atomic mass is 35.5. The number of nitrogens with zero attached hydrogens (tertiary/aromatic N) is 3. The summed E-state index contributed by atoms with van der Waals surface area (Å²) in [5, 5.41) is 9.34. The van der Waals surface area contributed by atoms with Crippen molar-refractivity contribution in [2.75, 3.05) is 44.7 Å². The number of halogens is 1. The van der Waals surface area contributed by atoms with Gasteiger partial charge in [0.25, 0.3) is 0 Å². The van der Waals surface area contributed by atoms with Gasteiger partial charge in [-0.2, -0.15) is 5.26 Å². The van der Waals surface area contributed by atoms with Crippen LogP contribution in [0.2, 0.25) is 5.02 Å². The number of methoxy groups -OCH3 is 1. The van der Waals surface area contributed by atoms with Gasteiger partial charge in [-0.05, 0) is 18.2 Å². The van der Waals surface area contributed by atoms with E-state index in [-0.39, 0.29) is 5.97 Å². The molecule has 2 rings (SSSR count). The first-order valence-corrected chi connectivity index (χ1v) is 6.75. The van der Waals surface area contributed by atoms with E-state index in [1.807, 2.05) is 12.1 Å². The summed E-state index contributed by atoms with van der Waals surface area (Å²) in [5.41, 5.74) is 1.49. The minimum atomic E-state index is -0.208. The number of esters is 1. The molecule has 6 heteroatoms. The number of carbonyl (C=O) groups excluding carboxylic acids is 1. The third-order valence-electron chi connectivity index (χ3n) is 3.39. The molecule has 0 atom stereocenters. The molecule has 1 aliphatic heterocycles. The number of ether oxygens (including phenoxy) is 1. The van der Waals surface area contributed by atoms with Crippen molar-refractivity contribution in [2.45, 2.75) is 0 Å². The molecule has 106 valence electrons. The van der Waals surface area contributed by atoms with Gasteiger partial charge in [-0.3, -0.25) is 9.69 Å². The van der Waals surface area contributed by atoms with Gasteiger partial charge in [0.1, 0.15) is 6.07 Å². The molecule has 1 aliphatic rings. The number of hydrogen-bond donors (Lipinski definition) is 0. The topological polar surface area (TPSA) is 56.6 Å². The lowest BCUT2D eigenvalue weighted by molar-refractivity contribution is -0.142. The number of rotatable bonds is 3. The average Bonchev–Trinajstić information content (AvgIpc) is 2.47. The zero-order valence-electron chi connectivity index (χ0n) is 11.3. The van der Waals surface area contributed by atoms with Crippen LogP contribution in [-0.2, 0) is 9.53 Å². The van der Waals surface area contributed by atoms with Crippen molar-refractivity contribution in [3.05, 3.63) is 28.8 Å². The Balaban J connectivity index is 1.95. The van der Waals surface area contributed by atoms with Gasteiger partial charge in [0.05, 0.1) is 24.2 Å². The van der Waals surface area contributed by atoms with Crippen LogP contribution < -0.4 is 4.90 Å². The van der Waals surface area contributed by atoms with E-state index < -0.39 is 0 Å². The fourth-order valence-corrected chi connectivity index (χ4v) is 2.42. The third kappa shape index (κ3) is 3.41. The van der Waals surface area contributed by atoms with Crippen molar-refractivity contribution in [3.8, 4) is 6.07 Å². The van der Waals surface area contributed by atoms with Crippen LogP contribution in [0.1, 0.15) is 5.56 Å². The Kier molecular flexibility index (Phi) is 4.83. The fraction of sp³-hybridized carbons (Fsp3) is 0.429. The van der Waals surface area contributed by atoms with Gasteiger partial charge in [-0.25, -0.2) is 0 Å². The molecular formula is C14H16ClN3O2. The Morgan fingerprint density at radius 2 is 2.10 bits per heavy atom. The predicted octanol–water partition coefficient (Wildman–Crippen LogP) is 1.51. The number of anilines is 1. The molecule has 1 fully saturated rings. The molecule has 5 nitrogen and oxygen atoms in total. The second kappa shape index (κ2) is 6.60. The van der Waals surface area contributed by atoms with E-state index >= 15 is 0 Å². The van der Waals surface area contributed by atoms with Gasteiger partial charge in [0.15, 0.2) is 0 Å². The summed E-state index contributed by atoms with van der Waals surface area (Å²) in [5.74, 6) is -0.208. The SMILES string of the molecule is COC(=O)CN1CCN(c2ccc(C#N)c(Cl)c2)CC1. The monoisotopic (exact) mass is 293 g/mol. The van der Waals surface area contributed by atoms with E-state index in [4.69, 9.17) is 16.9 Å². The minimum Gasteiger partial charge on any atom is -0.468 e. The van der Waals surface area contributed by atoms with Crippen LogP contribution in [0.3, 0.4) is 0 Å². The molecule has 1 aromatic carbocycles. The Hall–Kier alpha value is -1.77. The summed E-state index contributed by atoms with van der Waals surface area (Å²) in [7, 11) is 1.40. The molecule has 20 heavy (non-hydrogen) atoms. The summed E-state index contributed by atoms with van der Waals surface area (Å²) in [6.45, 7) is 3.57. The van der Waals surface area contributed by atoms with Gasteiger partial charge in [0, 0.05) is 31.9 Å². The van der Waals surface area contributed by atoms with Crippen LogP contribution in [0.4, 0.5) is 5.69 Å². The highest BCUT2D eigenvalue weighted by molar-refractivity contribution is 6.32. The first kappa shape index (κ1) is 14.6. The van der Waals surface area contributed by atoms with Crippen molar-refractivity contribution < 1.29 is 9.53 Å². The van der Waals surface area contributed by atoms with E-state index in [0.29, 0.717) is 17.1 Å². The van der Waals surface area contributed by atoms with E-state index in [2.05, 4.69) is 20.6 Å². The van der Waals surface area contributed by atoms with Gasteiger partial charge < -0.3 is 9.64 Å². The number of benzene rings is 1. The van der Waals surface area contributed by atoms with E-state index in [1.165, 1.54) is 7.11 Å². The van der Waals surface area contributed by atoms with E-state index in [1.54, 1.807) is 6.07 Å². The van der Waals surface area contributed by atoms with Gasteiger partial charge in [-0.1, -0.05) is 11.6 Å². The molecule has 1 aromatic rings. The predicted molar refractivity (Wildman–Crippen MR) is 76.8 cm³/mol. The van der Waals surface area contributed by atoms with Gasteiger partial charge in [-0.15, -0.1) is 0 Å². The fourth-order valence-electron chi connectivity index (χ4n) is 2.20. The number of hydrogen-bond acceptors (Lipinski definition) is 5. The van der Waals surface area contributed by atoms with Gasteiger partial charge >= 0.3 is 5.97 Å². The largest absolute Gasteiger partial charge is 0.468 e. The third-order valence-corrected chi connectivity index (χ3v) is 3.70. The molecule has 0 radical (unpaired) electrons. The van der Waals surface area contributed by atoms with Crippen molar-refractivity contribution in [1.82, 2.24) is 4.90 Å². The Morgan fingerprint density at radius 3 is 2.65 bits per heavy atom. The zero-order valence-corrected chi connectivity index (χ0v) is 12.1. The van der Waals surface area contributed by atoms with Gasteiger partial charge in [0.2, 0.25) is 0 Å².